The lowest BCUT2D eigenvalue weighted by atomic mass is 9.46. The highest BCUT2D eigenvalue weighted by molar-refractivity contribution is 5.28. The second-order valence-corrected chi connectivity index (χ2v) is 9.09. The third-order valence-electron chi connectivity index (χ3n) is 8.38. The molecule has 0 radical (unpaired) electrons. The first-order valence-corrected chi connectivity index (χ1v) is 9.63. The van der Waals surface area contributed by atoms with E-state index in [0.29, 0.717) is 17.8 Å². The molecule has 0 saturated heterocycles. The zero-order valence-corrected chi connectivity index (χ0v) is 14.5. The Morgan fingerprint density at radius 1 is 1.09 bits per heavy atom. The molecule has 3 heteroatoms. The van der Waals surface area contributed by atoms with Gasteiger partial charge in [0.1, 0.15) is 0 Å². The number of aliphatic hydroxyl groups excluding tert-OH is 3. The van der Waals surface area contributed by atoms with Crippen molar-refractivity contribution in [2.75, 3.05) is 0 Å². The van der Waals surface area contributed by atoms with Crippen LogP contribution in [0.4, 0.5) is 0 Å². The van der Waals surface area contributed by atoms with E-state index in [1.165, 1.54) is 5.57 Å². The first-order valence-electron chi connectivity index (χ1n) is 9.63. The highest BCUT2D eigenvalue weighted by atomic mass is 16.3. The first-order chi connectivity index (χ1) is 10.9. The fourth-order valence-corrected chi connectivity index (χ4v) is 7.10. The molecule has 0 aromatic carbocycles. The van der Waals surface area contributed by atoms with Gasteiger partial charge in [0.05, 0.1) is 18.3 Å². The fraction of sp³-hybridized carbons (Fsp3) is 0.900. The van der Waals surface area contributed by atoms with Crippen LogP contribution in [0.3, 0.4) is 0 Å². The molecule has 130 valence electrons. The van der Waals surface area contributed by atoms with E-state index in [1.54, 1.807) is 0 Å². The zero-order chi connectivity index (χ0) is 16.4. The van der Waals surface area contributed by atoms with Crippen LogP contribution >= 0.6 is 0 Å². The van der Waals surface area contributed by atoms with E-state index in [0.717, 1.165) is 51.4 Å². The number of rotatable bonds is 1. The van der Waals surface area contributed by atoms with E-state index >= 15 is 0 Å². The molecule has 4 rings (SSSR count). The highest BCUT2D eigenvalue weighted by Crippen LogP contribution is 2.65. The van der Waals surface area contributed by atoms with E-state index in [9.17, 15) is 15.3 Å². The summed E-state index contributed by atoms with van der Waals surface area (Å²) < 4.78 is 0. The number of fused-ring (bicyclic) bond motifs is 5. The van der Waals surface area contributed by atoms with Crippen molar-refractivity contribution in [3.05, 3.63) is 11.6 Å². The maximum absolute atomic E-state index is 10.8. The molecule has 8 atom stereocenters. The number of hydrogen-bond acceptors (Lipinski definition) is 3. The van der Waals surface area contributed by atoms with Gasteiger partial charge in [-0.2, -0.15) is 0 Å². The van der Waals surface area contributed by atoms with Crippen molar-refractivity contribution >= 4 is 0 Å². The van der Waals surface area contributed by atoms with E-state index < -0.39 is 0 Å². The van der Waals surface area contributed by atoms with Crippen LogP contribution in [0.5, 0.6) is 0 Å². The molecule has 23 heavy (non-hydrogen) atoms. The van der Waals surface area contributed by atoms with E-state index in [4.69, 9.17) is 0 Å². The molecule has 0 aliphatic heterocycles. The van der Waals surface area contributed by atoms with Crippen LogP contribution in [0.1, 0.15) is 65.2 Å². The molecule has 0 spiro atoms. The average molecular weight is 320 g/mol. The van der Waals surface area contributed by atoms with Gasteiger partial charge in [0, 0.05) is 5.41 Å². The molecule has 0 amide bonds. The minimum absolute atomic E-state index is 0.0839. The number of hydrogen-bond donors (Lipinski definition) is 3. The topological polar surface area (TPSA) is 60.7 Å². The highest BCUT2D eigenvalue weighted by Gasteiger charge is 2.60. The Labute approximate surface area is 139 Å². The van der Waals surface area contributed by atoms with Gasteiger partial charge in [0.15, 0.2) is 0 Å². The van der Waals surface area contributed by atoms with Gasteiger partial charge in [0.25, 0.3) is 0 Å². The molecular formula is C20H32O3. The standard InChI is InChI=1S/C20H32O3/c1-12(21)20-10-7-14(22)11-13(20)3-4-15-16-5-6-18(23)19(16,2)9-8-17(15)20/h3,12,14-18,21-23H,4-11H2,1-2H3/t12-,14-,15-,16-,17-,18-,19-,20+/m0/s1. The van der Waals surface area contributed by atoms with E-state index in [1.807, 2.05) is 6.92 Å². The van der Waals surface area contributed by atoms with Crippen molar-refractivity contribution in [3.8, 4) is 0 Å². The van der Waals surface area contributed by atoms with Gasteiger partial charge in [-0.3, -0.25) is 0 Å². The molecule has 4 aliphatic carbocycles. The molecule has 3 N–H and O–H groups in total. The number of allylic oxidation sites excluding steroid dienone is 1. The Bertz CT molecular complexity index is 513. The molecule has 3 fully saturated rings. The van der Waals surface area contributed by atoms with Crippen molar-refractivity contribution in [2.24, 2.45) is 28.6 Å². The van der Waals surface area contributed by atoms with Crippen LogP contribution in [0.2, 0.25) is 0 Å². The van der Waals surface area contributed by atoms with Crippen molar-refractivity contribution < 1.29 is 15.3 Å². The van der Waals surface area contributed by atoms with Crippen LogP contribution in [0.15, 0.2) is 11.6 Å². The number of aliphatic hydroxyl groups is 3. The largest absolute Gasteiger partial charge is 0.393 e. The van der Waals surface area contributed by atoms with Gasteiger partial charge in [-0.15, -0.1) is 0 Å². The summed E-state index contributed by atoms with van der Waals surface area (Å²) in [6.07, 6.45) is 9.49. The maximum Gasteiger partial charge on any atom is 0.0608 e. The SMILES string of the molecule is C[C@H](O)[C@]12CC[C@H](O)CC1=CC[C@H]1[C@@H]3CC[C@H](O)[C@@]3(C)CC[C@@H]12. The van der Waals surface area contributed by atoms with Gasteiger partial charge in [-0.1, -0.05) is 18.6 Å². The second-order valence-electron chi connectivity index (χ2n) is 9.09. The van der Waals surface area contributed by atoms with E-state index in [2.05, 4.69) is 13.0 Å². The Balaban J connectivity index is 1.73. The quantitative estimate of drug-likeness (QED) is 0.651. The van der Waals surface area contributed by atoms with E-state index in [-0.39, 0.29) is 29.1 Å². The normalized spacial score (nSPS) is 53.8. The van der Waals surface area contributed by atoms with Gasteiger partial charge in [0.2, 0.25) is 0 Å². The van der Waals surface area contributed by atoms with Crippen LogP contribution in [0.25, 0.3) is 0 Å². The summed E-state index contributed by atoms with van der Waals surface area (Å²) in [5.74, 6) is 1.72. The predicted molar refractivity (Wildman–Crippen MR) is 89.7 cm³/mol. The third-order valence-corrected chi connectivity index (χ3v) is 8.38. The fourth-order valence-electron chi connectivity index (χ4n) is 7.10. The summed E-state index contributed by atoms with van der Waals surface area (Å²) in [5, 5.41) is 31.4. The van der Waals surface area contributed by atoms with Crippen LogP contribution in [-0.2, 0) is 0 Å². The first kappa shape index (κ1) is 16.1. The van der Waals surface area contributed by atoms with Gasteiger partial charge >= 0.3 is 0 Å². The van der Waals surface area contributed by atoms with Crippen molar-refractivity contribution in [2.45, 2.75) is 83.5 Å². The summed E-state index contributed by atoms with van der Waals surface area (Å²) in [7, 11) is 0. The smallest absolute Gasteiger partial charge is 0.0608 e. The summed E-state index contributed by atoms with van der Waals surface area (Å²) >= 11 is 0. The molecule has 4 aliphatic rings. The van der Waals surface area contributed by atoms with Gasteiger partial charge < -0.3 is 15.3 Å². The second kappa shape index (κ2) is 5.31. The summed E-state index contributed by atoms with van der Waals surface area (Å²) in [6.45, 7) is 4.26. The molecule has 0 bridgehead atoms. The van der Waals surface area contributed by atoms with Crippen LogP contribution in [-0.4, -0.2) is 33.6 Å². The Kier molecular flexibility index (Phi) is 3.72. The Morgan fingerprint density at radius 2 is 1.87 bits per heavy atom. The van der Waals surface area contributed by atoms with Crippen LogP contribution in [0, 0.1) is 28.6 Å². The molecule has 0 unspecified atom stereocenters. The lowest BCUT2D eigenvalue weighted by molar-refractivity contribution is -0.109. The molecule has 3 nitrogen and oxygen atoms in total. The molecular weight excluding hydrogens is 288 g/mol. The summed E-state index contributed by atoms with van der Waals surface area (Å²) in [4.78, 5) is 0. The zero-order valence-electron chi connectivity index (χ0n) is 14.5. The van der Waals surface area contributed by atoms with Crippen molar-refractivity contribution in [3.63, 3.8) is 0 Å². The maximum atomic E-state index is 10.8. The average Bonchev–Trinajstić information content (AvgIpc) is 2.82. The Morgan fingerprint density at radius 3 is 2.61 bits per heavy atom. The van der Waals surface area contributed by atoms with Crippen molar-refractivity contribution in [1.29, 1.82) is 0 Å². The lowest BCUT2D eigenvalue weighted by Crippen LogP contribution is -2.55. The monoisotopic (exact) mass is 320 g/mol. The Hall–Kier alpha value is -0.380. The summed E-state index contributed by atoms with van der Waals surface area (Å²) in [5.41, 5.74) is 1.30. The van der Waals surface area contributed by atoms with Crippen molar-refractivity contribution in [1.82, 2.24) is 0 Å². The lowest BCUT2D eigenvalue weighted by Gasteiger charge is -2.59. The van der Waals surface area contributed by atoms with Gasteiger partial charge in [-0.05, 0) is 81.5 Å². The summed E-state index contributed by atoms with van der Waals surface area (Å²) in [6, 6.07) is 0. The third kappa shape index (κ3) is 2.06. The van der Waals surface area contributed by atoms with Crippen LogP contribution < -0.4 is 0 Å². The molecule has 0 aromatic rings. The molecule has 0 heterocycles. The molecule has 3 saturated carbocycles. The molecule has 0 aromatic heterocycles. The minimum atomic E-state index is -0.343. The predicted octanol–water partition coefficient (Wildman–Crippen LogP) is 3.03. The van der Waals surface area contributed by atoms with Gasteiger partial charge in [-0.25, -0.2) is 0 Å². The minimum Gasteiger partial charge on any atom is -0.393 e.